The lowest BCUT2D eigenvalue weighted by Crippen LogP contribution is -2.28. The summed E-state index contributed by atoms with van der Waals surface area (Å²) in [4.78, 5) is 21.7. The summed E-state index contributed by atoms with van der Waals surface area (Å²) < 4.78 is 5.66. The minimum Gasteiger partial charge on any atom is -0.440 e. The van der Waals surface area contributed by atoms with Gasteiger partial charge in [-0.25, -0.2) is 4.98 Å². The number of rotatable bonds is 5. The molecule has 0 aromatic carbocycles. The average Bonchev–Trinajstić information content (AvgIpc) is 3.18. The fraction of sp³-hybridized carbons (Fsp3) is 0.235. The first-order valence-electron chi connectivity index (χ1n) is 7.33. The van der Waals surface area contributed by atoms with Gasteiger partial charge in [-0.15, -0.1) is 11.3 Å². The SMILES string of the molecule is Cc1oc(-c2cccs2)nc1CC(=O)NC(C)c1cccnc1. The van der Waals surface area contributed by atoms with E-state index in [0.717, 1.165) is 10.4 Å². The maximum atomic E-state index is 12.2. The van der Waals surface area contributed by atoms with E-state index in [-0.39, 0.29) is 18.4 Å². The summed E-state index contributed by atoms with van der Waals surface area (Å²) in [5, 5.41) is 4.93. The molecule has 3 aromatic rings. The van der Waals surface area contributed by atoms with E-state index in [1.807, 2.05) is 43.5 Å². The van der Waals surface area contributed by atoms with Crippen LogP contribution >= 0.6 is 11.3 Å². The number of hydrogen-bond acceptors (Lipinski definition) is 5. The van der Waals surface area contributed by atoms with Crippen molar-refractivity contribution >= 4 is 17.2 Å². The molecule has 0 radical (unpaired) electrons. The largest absolute Gasteiger partial charge is 0.440 e. The highest BCUT2D eigenvalue weighted by atomic mass is 32.1. The first-order chi connectivity index (χ1) is 11.1. The van der Waals surface area contributed by atoms with Crippen LogP contribution in [0, 0.1) is 6.92 Å². The number of nitrogens with one attached hydrogen (secondary N) is 1. The first-order valence-corrected chi connectivity index (χ1v) is 8.21. The lowest BCUT2D eigenvalue weighted by atomic mass is 10.1. The molecule has 6 heteroatoms. The molecule has 0 spiro atoms. The third-order valence-electron chi connectivity index (χ3n) is 3.51. The number of amides is 1. The molecule has 0 fully saturated rings. The van der Waals surface area contributed by atoms with Crippen LogP contribution < -0.4 is 5.32 Å². The smallest absolute Gasteiger partial charge is 0.236 e. The Morgan fingerprint density at radius 2 is 2.26 bits per heavy atom. The molecule has 5 nitrogen and oxygen atoms in total. The third-order valence-corrected chi connectivity index (χ3v) is 4.37. The highest BCUT2D eigenvalue weighted by Crippen LogP contribution is 2.26. The molecule has 3 heterocycles. The van der Waals surface area contributed by atoms with Gasteiger partial charge in [-0.05, 0) is 36.9 Å². The monoisotopic (exact) mass is 327 g/mol. The second-order valence-electron chi connectivity index (χ2n) is 5.25. The average molecular weight is 327 g/mol. The van der Waals surface area contributed by atoms with Crippen molar-refractivity contribution in [3.8, 4) is 10.8 Å². The van der Waals surface area contributed by atoms with Crippen LogP contribution in [0.25, 0.3) is 10.8 Å². The van der Waals surface area contributed by atoms with Gasteiger partial charge in [0, 0.05) is 12.4 Å². The number of hydrogen-bond donors (Lipinski definition) is 1. The Morgan fingerprint density at radius 1 is 1.39 bits per heavy atom. The summed E-state index contributed by atoms with van der Waals surface area (Å²) in [6.07, 6.45) is 3.66. The Labute approximate surface area is 138 Å². The molecule has 0 aliphatic rings. The molecule has 3 rings (SSSR count). The van der Waals surface area contributed by atoms with Crippen molar-refractivity contribution in [1.82, 2.24) is 15.3 Å². The second kappa shape index (κ2) is 6.75. The van der Waals surface area contributed by atoms with Crippen molar-refractivity contribution in [2.45, 2.75) is 26.3 Å². The van der Waals surface area contributed by atoms with Gasteiger partial charge in [-0.1, -0.05) is 12.1 Å². The first kappa shape index (κ1) is 15.4. The van der Waals surface area contributed by atoms with E-state index in [1.54, 1.807) is 23.7 Å². The predicted molar refractivity (Wildman–Crippen MR) is 89.1 cm³/mol. The lowest BCUT2D eigenvalue weighted by molar-refractivity contribution is -0.121. The van der Waals surface area contributed by atoms with E-state index in [4.69, 9.17) is 4.42 Å². The molecule has 1 amide bonds. The molecule has 1 unspecified atom stereocenters. The number of thiophene rings is 1. The summed E-state index contributed by atoms with van der Waals surface area (Å²) in [6, 6.07) is 7.59. The van der Waals surface area contributed by atoms with Gasteiger partial charge < -0.3 is 9.73 Å². The summed E-state index contributed by atoms with van der Waals surface area (Å²) in [5.74, 6) is 1.16. The molecule has 0 aliphatic heterocycles. The van der Waals surface area contributed by atoms with Crippen molar-refractivity contribution in [1.29, 1.82) is 0 Å². The highest BCUT2D eigenvalue weighted by molar-refractivity contribution is 7.13. The van der Waals surface area contributed by atoms with Crippen LogP contribution in [0.15, 0.2) is 46.5 Å². The maximum Gasteiger partial charge on any atom is 0.236 e. The van der Waals surface area contributed by atoms with Crippen LogP contribution in [0.5, 0.6) is 0 Å². The summed E-state index contributed by atoms with van der Waals surface area (Å²) in [6.45, 7) is 3.76. The topological polar surface area (TPSA) is 68.0 Å². The number of carbonyl (C=O) groups is 1. The van der Waals surface area contributed by atoms with Gasteiger partial charge in [0.2, 0.25) is 11.8 Å². The standard InChI is InChI=1S/C17H17N3O2S/c1-11(13-5-3-7-18-10-13)19-16(21)9-14-12(2)22-17(20-14)15-6-4-8-23-15/h3-8,10-11H,9H2,1-2H3,(H,19,21). The fourth-order valence-electron chi connectivity index (χ4n) is 2.26. The highest BCUT2D eigenvalue weighted by Gasteiger charge is 2.16. The molecule has 0 saturated carbocycles. The molecule has 3 aromatic heterocycles. The maximum absolute atomic E-state index is 12.2. The van der Waals surface area contributed by atoms with Gasteiger partial charge in [0.25, 0.3) is 0 Å². The zero-order valence-corrected chi connectivity index (χ0v) is 13.8. The summed E-state index contributed by atoms with van der Waals surface area (Å²) in [7, 11) is 0. The molecular formula is C17H17N3O2S. The lowest BCUT2D eigenvalue weighted by Gasteiger charge is -2.13. The normalized spacial score (nSPS) is 12.1. The van der Waals surface area contributed by atoms with Crippen molar-refractivity contribution in [3.63, 3.8) is 0 Å². The number of carbonyl (C=O) groups excluding carboxylic acids is 1. The Hall–Kier alpha value is -2.47. The molecule has 23 heavy (non-hydrogen) atoms. The number of oxazole rings is 1. The minimum atomic E-state index is -0.0971. The molecule has 1 atom stereocenters. The van der Waals surface area contributed by atoms with Gasteiger partial charge in [0.1, 0.15) is 5.76 Å². The predicted octanol–water partition coefficient (Wildman–Crippen LogP) is 3.53. The van der Waals surface area contributed by atoms with Crippen LogP contribution in [0.3, 0.4) is 0 Å². The molecular weight excluding hydrogens is 310 g/mol. The van der Waals surface area contributed by atoms with E-state index in [2.05, 4.69) is 15.3 Å². The molecule has 0 saturated heterocycles. The van der Waals surface area contributed by atoms with Gasteiger partial charge in [-0.3, -0.25) is 9.78 Å². The van der Waals surface area contributed by atoms with Crippen LogP contribution in [0.1, 0.15) is 30.0 Å². The molecule has 1 N–H and O–H groups in total. The molecule has 118 valence electrons. The van der Waals surface area contributed by atoms with Gasteiger partial charge in [0.15, 0.2) is 0 Å². The zero-order chi connectivity index (χ0) is 16.2. The van der Waals surface area contributed by atoms with E-state index < -0.39 is 0 Å². The van der Waals surface area contributed by atoms with E-state index in [9.17, 15) is 4.79 Å². The van der Waals surface area contributed by atoms with Crippen molar-refractivity contribution in [2.24, 2.45) is 0 Å². The Morgan fingerprint density at radius 3 is 2.96 bits per heavy atom. The number of nitrogens with zero attached hydrogens (tertiary/aromatic N) is 2. The van der Waals surface area contributed by atoms with E-state index in [1.165, 1.54) is 0 Å². The van der Waals surface area contributed by atoms with Gasteiger partial charge in [-0.2, -0.15) is 0 Å². The van der Waals surface area contributed by atoms with Gasteiger partial charge >= 0.3 is 0 Å². The fourth-order valence-corrected chi connectivity index (χ4v) is 2.91. The quantitative estimate of drug-likeness (QED) is 0.778. The Bertz CT molecular complexity index is 782. The molecule has 0 bridgehead atoms. The number of aromatic nitrogens is 2. The minimum absolute atomic E-state index is 0.0875. The summed E-state index contributed by atoms with van der Waals surface area (Å²) in [5.41, 5.74) is 1.64. The number of aryl methyl sites for hydroxylation is 1. The second-order valence-corrected chi connectivity index (χ2v) is 6.20. The van der Waals surface area contributed by atoms with E-state index in [0.29, 0.717) is 17.3 Å². The third kappa shape index (κ3) is 3.65. The number of pyridine rings is 1. The van der Waals surface area contributed by atoms with Crippen LogP contribution in [0.4, 0.5) is 0 Å². The van der Waals surface area contributed by atoms with E-state index >= 15 is 0 Å². The molecule has 0 aliphatic carbocycles. The van der Waals surface area contributed by atoms with Crippen molar-refractivity contribution in [2.75, 3.05) is 0 Å². The van der Waals surface area contributed by atoms with Crippen molar-refractivity contribution in [3.05, 3.63) is 59.1 Å². The van der Waals surface area contributed by atoms with Crippen LogP contribution in [-0.4, -0.2) is 15.9 Å². The Kier molecular flexibility index (Phi) is 4.52. The van der Waals surface area contributed by atoms with Crippen molar-refractivity contribution < 1.29 is 9.21 Å². The Balaban J connectivity index is 1.66. The van der Waals surface area contributed by atoms with Crippen LogP contribution in [0.2, 0.25) is 0 Å². The van der Waals surface area contributed by atoms with Gasteiger partial charge in [0.05, 0.1) is 23.0 Å². The zero-order valence-electron chi connectivity index (χ0n) is 12.9. The summed E-state index contributed by atoms with van der Waals surface area (Å²) >= 11 is 1.56. The van der Waals surface area contributed by atoms with Crippen LogP contribution in [-0.2, 0) is 11.2 Å².